The molecule has 28 heavy (non-hydrogen) atoms. The van der Waals surface area contributed by atoms with Crippen LogP contribution in [0.3, 0.4) is 0 Å². The number of halogens is 1. The van der Waals surface area contributed by atoms with Crippen LogP contribution in [0.25, 0.3) is 17.4 Å². The van der Waals surface area contributed by atoms with E-state index in [0.717, 1.165) is 12.8 Å². The van der Waals surface area contributed by atoms with Crippen molar-refractivity contribution in [2.75, 3.05) is 6.54 Å². The highest BCUT2D eigenvalue weighted by atomic mass is 32.2. The number of benzene rings is 1. The summed E-state index contributed by atoms with van der Waals surface area (Å²) in [6.07, 6.45) is 8.74. The van der Waals surface area contributed by atoms with Gasteiger partial charge in [-0.1, -0.05) is 75.1 Å². The molecule has 148 valence electrons. The lowest BCUT2D eigenvalue weighted by molar-refractivity contribution is -0.122. The van der Waals surface area contributed by atoms with Crippen LogP contribution in [0.2, 0.25) is 0 Å². The van der Waals surface area contributed by atoms with Crippen molar-refractivity contribution in [2.45, 2.75) is 45.4 Å². The fraction of sp³-hybridized carbons (Fsp3) is 0.364. The summed E-state index contributed by atoms with van der Waals surface area (Å²) in [4.78, 5) is 14.9. The summed E-state index contributed by atoms with van der Waals surface area (Å²) in [6.45, 7) is 2.87. The number of nitrogens with zero attached hydrogens (tertiary/aromatic N) is 1. The number of thiocarbonyl (C=S) groups is 1. The number of thioether (sulfide) groups is 1. The van der Waals surface area contributed by atoms with Gasteiger partial charge in [-0.25, -0.2) is 4.39 Å². The molecule has 1 saturated heterocycles. The number of carbonyl (C=O) groups excluding carboxylic acids is 1. The van der Waals surface area contributed by atoms with Crippen LogP contribution in [0, 0.1) is 5.82 Å². The third-order valence-corrected chi connectivity index (χ3v) is 6.00. The molecule has 0 N–H and O–H groups in total. The third-order valence-electron chi connectivity index (χ3n) is 4.62. The highest BCUT2D eigenvalue weighted by Gasteiger charge is 2.31. The summed E-state index contributed by atoms with van der Waals surface area (Å²) in [6, 6.07) is 9.79. The topological polar surface area (TPSA) is 33.5 Å². The van der Waals surface area contributed by atoms with Gasteiger partial charge in [0.15, 0.2) is 0 Å². The number of hydrogen-bond acceptors (Lipinski definition) is 4. The van der Waals surface area contributed by atoms with Crippen molar-refractivity contribution in [1.82, 2.24) is 4.90 Å². The summed E-state index contributed by atoms with van der Waals surface area (Å²) in [7, 11) is 0. The Morgan fingerprint density at radius 3 is 2.71 bits per heavy atom. The van der Waals surface area contributed by atoms with Gasteiger partial charge in [-0.05, 0) is 30.7 Å². The second kappa shape index (κ2) is 10.0. The van der Waals surface area contributed by atoms with E-state index in [1.165, 1.54) is 49.6 Å². The van der Waals surface area contributed by atoms with Crippen molar-refractivity contribution >= 4 is 40.3 Å². The quantitative estimate of drug-likeness (QED) is 0.260. The molecule has 0 bridgehead atoms. The van der Waals surface area contributed by atoms with Crippen molar-refractivity contribution < 1.29 is 13.6 Å². The molecule has 2 heterocycles. The Balaban J connectivity index is 1.60. The molecule has 1 fully saturated rings. The van der Waals surface area contributed by atoms with Gasteiger partial charge in [-0.15, -0.1) is 0 Å². The second-order valence-electron chi connectivity index (χ2n) is 6.81. The van der Waals surface area contributed by atoms with E-state index in [9.17, 15) is 9.18 Å². The molecule has 1 aromatic heterocycles. The third kappa shape index (κ3) is 5.32. The lowest BCUT2D eigenvalue weighted by Gasteiger charge is -2.13. The summed E-state index contributed by atoms with van der Waals surface area (Å²) < 4.78 is 19.8. The van der Waals surface area contributed by atoms with E-state index >= 15 is 0 Å². The van der Waals surface area contributed by atoms with Crippen LogP contribution in [0.4, 0.5) is 4.39 Å². The van der Waals surface area contributed by atoms with Gasteiger partial charge < -0.3 is 4.42 Å². The fourth-order valence-electron chi connectivity index (χ4n) is 3.10. The Morgan fingerprint density at radius 2 is 1.93 bits per heavy atom. The first-order chi connectivity index (χ1) is 13.6. The van der Waals surface area contributed by atoms with E-state index in [1.54, 1.807) is 35.2 Å². The fourth-order valence-corrected chi connectivity index (χ4v) is 4.39. The Bertz CT molecular complexity index is 875. The first-order valence-corrected chi connectivity index (χ1v) is 10.9. The SMILES string of the molecule is CCCCCCCCN1C(=O)/C(=C\c2ccc(-c3cccc(F)c3)o2)SC1=S. The lowest BCUT2D eigenvalue weighted by Crippen LogP contribution is -2.28. The lowest BCUT2D eigenvalue weighted by atomic mass is 10.1. The van der Waals surface area contributed by atoms with Gasteiger partial charge in [-0.2, -0.15) is 0 Å². The van der Waals surface area contributed by atoms with Gasteiger partial charge in [0.1, 0.15) is 21.7 Å². The maximum Gasteiger partial charge on any atom is 0.266 e. The van der Waals surface area contributed by atoms with Gasteiger partial charge >= 0.3 is 0 Å². The van der Waals surface area contributed by atoms with Gasteiger partial charge in [0.05, 0.1) is 4.91 Å². The van der Waals surface area contributed by atoms with E-state index in [4.69, 9.17) is 16.6 Å². The first-order valence-electron chi connectivity index (χ1n) is 9.69. The predicted octanol–water partition coefficient (Wildman–Crippen LogP) is 6.65. The highest BCUT2D eigenvalue weighted by molar-refractivity contribution is 8.26. The van der Waals surface area contributed by atoms with E-state index in [1.807, 2.05) is 0 Å². The second-order valence-corrected chi connectivity index (χ2v) is 8.49. The molecular weight excluding hydrogens is 393 g/mol. The largest absolute Gasteiger partial charge is 0.457 e. The molecule has 1 aliphatic heterocycles. The zero-order valence-electron chi connectivity index (χ0n) is 15.9. The van der Waals surface area contributed by atoms with Gasteiger partial charge in [0, 0.05) is 18.2 Å². The Morgan fingerprint density at radius 1 is 1.14 bits per heavy atom. The number of furan rings is 1. The number of rotatable bonds is 9. The van der Waals surface area contributed by atoms with Gasteiger partial charge in [0.2, 0.25) is 0 Å². The van der Waals surface area contributed by atoms with Crippen LogP contribution in [0.1, 0.15) is 51.2 Å². The highest BCUT2D eigenvalue weighted by Crippen LogP contribution is 2.34. The molecule has 0 saturated carbocycles. The molecule has 3 nitrogen and oxygen atoms in total. The van der Waals surface area contributed by atoms with E-state index in [0.29, 0.717) is 32.9 Å². The summed E-state index contributed by atoms with van der Waals surface area (Å²) in [5.74, 6) is 0.742. The van der Waals surface area contributed by atoms with E-state index in [2.05, 4.69) is 6.92 Å². The zero-order chi connectivity index (χ0) is 19.9. The molecular formula is C22H24FNO2S2. The smallest absolute Gasteiger partial charge is 0.266 e. The standard InChI is InChI=1S/C22H24FNO2S2/c1-2-3-4-5-6-7-13-24-21(25)20(28-22(24)27)15-18-11-12-19(26-18)16-9-8-10-17(23)14-16/h8-12,14-15H,2-7,13H2,1H3/b20-15+. The van der Waals surface area contributed by atoms with Crippen LogP contribution in [0.15, 0.2) is 45.7 Å². The van der Waals surface area contributed by atoms with Crippen LogP contribution in [0.5, 0.6) is 0 Å². The molecule has 1 aliphatic rings. The van der Waals surface area contributed by atoms with Crippen LogP contribution in [-0.2, 0) is 4.79 Å². The minimum absolute atomic E-state index is 0.0627. The normalized spacial score (nSPS) is 15.8. The van der Waals surface area contributed by atoms with Crippen LogP contribution in [-0.4, -0.2) is 21.7 Å². The molecule has 0 radical (unpaired) electrons. The molecule has 6 heteroatoms. The Kier molecular flexibility index (Phi) is 7.45. The van der Waals surface area contributed by atoms with Crippen LogP contribution >= 0.6 is 24.0 Å². The minimum atomic E-state index is -0.314. The average Bonchev–Trinajstić information content (AvgIpc) is 3.24. The molecule has 1 amide bonds. The summed E-state index contributed by atoms with van der Waals surface area (Å²) in [5, 5.41) is 0. The number of unbranched alkanes of at least 4 members (excludes halogenated alkanes) is 5. The average molecular weight is 418 g/mol. The maximum atomic E-state index is 13.4. The molecule has 0 unspecified atom stereocenters. The Hall–Kier alpha value is -1.92. The zero-order valence-corrected chi connectivity index (χ0v) is 17.6. The molecule has 1 aromatic carbocycles. The minimum Gasteiger partial charge on any atom is -0.457 e. The summed E-state index contributed by atoms with van der Waals surface area (Å²) >= 11 is 6.69. The molecule has 0 aliphatic carbocycles. The number of amides is 1. The van der Waals surface area contributed by atoms with Crippen molar-refractivity contribution in [2.24, 2.45) is 0 Å². The van der Waals surface area contributed by atoms with Gasteiger partial charge in [0.25, 0.3) is 5.91 Å². The van der Waals surface area contributed by atoms with Crippen molar-refractivity contribution in [1.29, 1.82) is 0 Å². The van der Waals surface area contributed by atoms with Crippen LogP contribution < -0.4 is 0 Å². The number of carbonyl (C=O) groups is 1. The molecule has 2 aromatic rings. The first kappa shape index (κ1) is 20.8. The number of hydrogen-bond donors (Lipinski definition) is 0. The molecule has 0 atom stereocenters. The maximum absolute atomic E-state index is 13.4. The van der Waals surface area contributed by atoms with Crippen molar-refractivity contribution in [3.05, 3.63) is 52.9 Å². The van der Waals surface area contributed by atoms with E-state index in [-0.39, 0.29) is 11.7 Å². The predicted molar refractivity (Wildman–Crippen MR) is 117 cm³/mol. The Labute approximate surface area is 175 Å². The van der Waals surface area contributed by atoms with Crippen molar-refractivity contribution in [3.63, 3.8) is 0 Å². The molecule has 3 rings (SSSR count). The van der Waals surface area contributed by atoms with E-state index < -0.39 is 0 Å². The monoisotopic (exact) mass is 417 g/mol. The van der Waals surface area contributed by atoms with Crippen molar-refractivity contribution in [3.8, 4) is 11.3 Å². The molecule has 0 spiro atoms. The summed E-state index contributed by atoms with van der Waals surface area (Å²) in [5.41, 5.74) is 0.662. The van der Waals surface area contributed by atoms with Gasteiger partial charge in [-0.3, -0.25) is 9.69 Å².